The number of aryl methyl sites for hydroxylation is 1. The normalized spacial score (nSPS) is 10.8. The SMILES string of the molecule is Cc1ccoc1-c1[nH]nc(N)c1-c1ccccc1Br. The molecule has 0 aliphatic rings. The van der Waals surface area contributed by atoms with Crippen molar-refractivity contribution in [2.75, 3.05) is 5.73 Å². The number of halogens is 1. The number of hydrogen-bond donors (Lipinski definition) is 2. The first kappa shape index (κ1) is 12.0. The summed E-state index contributed by atoms with van der Waals surface area (Å²) in [5.74, 6) is 1.22. The van der Waals surface area contributed by atoms with Crippen LogP contribution in [0.15, 0.2) is 45.5 Å². The number of rotatable bonds is 2. The monoisotopic (exact) mass is 317 g/mol. The van der Waals surface area contributed by atoms with E-state index in [0.717, 1.165) is 32.6 Å². The van der Waals surface area contributed by atoms with E-state index in [4.69, 9.17) is 10.2 Å². The molecule has 4 nitrogen and oxygen atoms in total. The Balaban J connectivity index is 2.26. The van der Waals surface area contributed by atoms with Crippen LogP contribution in [-0.2, 0) is 0 Å². The largest absolute Gasteiger partial charge is 0.462 e. The van der Waals surface area contributed by atoms with Crippen LogP contribution in [0.5, 0.6) is 0 Å². The second-order valence-electron chi connectivity index (χ2n) is 4.27. The summed E-state index contributed by atoms with van der Waals surface area (Å²) in [6.45, 7) is 1.99. The molecule has 96 valence electrons. The molecule has 0 bridgehead atoms. The lowest BCUT2D eigenvalue weighted by atomic mass is 10.0. The van der Waals surface area contributed by atoms with Crippen molar-refractivity contribution in [2.24, 2.45) is 0 Å². The number of aromatic amines is 1. The molecule has 2 heterocycles. The Morgan fingerprint density at radius 3 is 2.74 bits per heavy atom. The molecule has 0 fully saturated rings. The number of aromatic nitrogens is 2. The molecule has 0 aliphatic carbocycles. The number of nitrogens with one attached hydrogen (secondary N) is 1. The minimum absolute atomic E-state index is 0.456. The molecule has 3 aromatic rings. The van der Waals surface area contributed by atoms with Gasteiger partial charge in [-0.3, -0.25) is 5.10 Å². The van der Waals surface area contributed by atoms with Crippen LogP contribution in [0.3, 0.4) is 0 Å². The first-order chi connectivity index (χ1) is 9.18. The van der Waals surface area contributed by atoms with E-state index in [-0.39, 0.29) is 0 Å². The lowest BCUT2D eigenvalue weighted by Crippen LogP contribution is -1.89. The van der Waals surface area contributed by atoms with Gasteiger partial charge in [-0.05, 0) is 24.6 Å². The summed E-state index contributed by atoms with van der Waals surface area (Å²) in [6, 6.07) is 9.80. The molecule has 0 aliphatic heterocycles. The van der Waals surface area contributed by atoms with Crippen LogP contribution in [0.25, 0.3) is 22.6 Å². The summed E-state index contributed by atoms with van der Waals surface area (Å²) in [5, 5.41) is 7.06. The average Bonchev–Trinajstić information content (AvgIpc) is 2.96. The second kappa shape index (κ2) is 4.59. The van der Waals surface area contributed by atoms with Gasteiger partial charge in [0, 0.05) is 10.0 Å². The molecule has 0 saturated heterocycles. The van der Waals surface area contributed by atoms with E-state index >= 15 is 0 Å². The zero-order valence-electron chi connectivity index (χ0n) is 10.3. The van der Waals surface area contributed by atoms with Crippen molar-refractivity contribution < 1.29 is 4.42 Å². The standard InChI is InChI=1S/C14H12BrN3O/c1-8-6-7-19-13(8)12-11(14(16)18-17-12)9-4-2-3-5-10(9)15/h2-7H,1H3,(H3,16,17,18). The van der Waals surface area contributed by atoms with E-state index in [1.54, 1.807) is 6.26 Å². The summed E-state index contributed by atoms with van der Waals surface area (Å²) in [4.78, 5) is 0. The van der Waals surface area contributed by atoms with Crippen LogP contribution in [-0.4, -0.2) is 10.2 Å². The summed E-state index contributed by atoms with van der Waals surface area (Å²) in [6.07, 6.45) is 1.66. The van der Waals surface area contributed by atoms with Gasteiger partial charge < -0.3 is 10.2 Å². The molecule has 5 heteroatoms. The van der Waals surface area contributed by atoms with Gasteiger partial charge in [0.2, 0.25) is 0 Å². The second-order valence-corrected chi connectivity index (χ2v) is 5.13. The number of nitrogens with two attached hydrogens (primary N) is 1. The summed E-state index contributed by atoms with van der Waals surface area (Å²) < 4.78 is 6.49. The molecule has 0 amide bonds. The Bertz CT molecular complexity index is 730. The van der Waals surface area contributed by atoms with Crippen LogP contribution in [0, 0.1) is 6.92 Å². The van der Waals surface area contributed by atoms with Crippen molar-refractivity contribution in [2.45, 2.75) is 6.92 Å². The number of benzene rings is 1. The van der Waals surface area contributed by atoms with Gasteiger partial charge in [0.25, 0.3) is 0 Å². The smallest absolute Gasteiger partial charge is 0.155 e. The molecule has 2 aromatic heterocycles. The van der Waals surface area contributed by atoms with Crippen LogP contribution in [0.4, 0.5) is 5.82 Å². The van der Waals surface area contributed by atoms with Gasteiger partial charge in [0.1, 0.15) is 5.69 Å². The first-order valence-corrected chi connectivity index (χ1v) is 6.61. The van der Waals surface area contributed by atoms with Crippen LogP contribution < -0.4 is 5.73 Å². The van der Waals surface area contributed by atoms with E-state index in [0.29, 0.717) is 5.82 Å². The Morgan fingerprint density at radius 1 is 1.26 bits per heavy atom. The zero-order valence-corrected chi connectivity index (χ0v) is 11.9. The number of furan rings is 1. The van der Waals surface area contributed by atoms with Gasteiger partial charge in [-0.25, -0.2) is 0 Å². The minimum Gasteiger partial charge on any atom is -0.462 e. The van der Waals surface area contributed by atoms with Gasteiger partial charge in [-0.2, -0.15) is 5.10 Å². The Morgan fingerprint density at radius 2 is 2.05 bits per heavy atom. The number of nitrogens with zero attached hydrogens (tertiary/aromatic N) is 1. The quantitative estimate of drug-likeness (QED) is 0.751. The lowest BCUT2D eigenvalue weighted by Gasteiger charge is -2.05. The average molecular weight is 318 g/mol. The molecular weight excluding hydrogens is 306 g/mol. The summed E-state index contributed by atoms with van der Waals surface area (Å²) in [7, 11) is 0. The molecule has 0 unspecified atom stereocenters. The Labute approximate surface area is 118 Å². The van der Waals surface area contributed by atoms with Gasteiger partial charge in [0.05, 0.1) is 11.8 Å². The highest BCUT2D eigenvalue weighted by Crippen LogP contribution is 2.39. The maximum Gasteiger partial charge on any atom is 0.155 e. The Kier molecular flexibility index (Phi) is 2.91. The van der Waals surface area contributed by atoms with Crippen molar-refractivity contribution in [1.29, 1.82) is 0 Å². The van der Waals surface area contributed by atoms with Gasteiger partial charge in [0.15, 0.2) is 11.6 Å². The fraction of sp³-hybridized carbons (Fsp3) is 0.0714. The maximum atomic E-state index is 5.99. The van der Waals surface area contributed by atoms with Crippen LogP contribution >= 0.6 is 15.9 Å². The third-order valence-electron chi connectivity index (χ3n) is 3.03. The molecule has 3 rings (SSSR count). The third kappa shape index (κ3) is 1.96. The van der Waals surface area contributed by atoms with Crippen LogP contribution in [0.1, 0.15) is 5.56 Å². The number of hydrogen-bond acceptors (Lipinski definition) is 3. The predicted molar refractivity (Wildman–Crippen MR) is 78.6 cm³/mol. The highest BCUT2D eigenvalue weighted by atomic mass is 79.9. The van der Waals surface area contributed by atoms with E-state index in [9.17, 15) is 0 Å². The molecule has 1 aromatic carbocycles. The lowest BCUT2D eigenvalue weighted by molar-refractivity contribution is 0.578. The van der Waals surface area contributed by atoms with Gasteiger partial charge in [-0.1, -0.05) is 34.1 Å². The fourth-order valence-corrected chi connectivity index (χ4v) is 2.57. The highest BCUT2D eigenvalue weighted by molar-refractivity contribution is 9.10. The summed E-state index contributed by atoms with van der Waals surface area (Å²) >= 11 is 3.54. The number of anilines is 1. The van der Waals surface area contributed by atoms with Gasteiger partial charge >= 0.3 is 0 Å². The molecule has 0 atom stereocenters. The van der Waals surface area contributed by atoms with Crippen molar-refractivity contribution in [1.82, 2.24) is 10.2 Å². The van der Waals surface area contributed by atoms with Crippen LogP contribution in [0.2, 0.25) is 0 Å². The first-order valence-electron chi connectivity index (χ1n) is 5.81. The van der Waals surface area contributed by atoms with E-state index in [1.165, 1.54) is 0 Å². The van der Waals surface area contributed by atoms with Crippen molar-refractivity contribution in [3.05, 3.63) is 46.6 Å². The molecule has 3 N–H and O–H groups in total. The minimum atomic E-state index is 0.456. The summed E-state index contributed by atoms with van der Waals surface area (Å²) in [5.41, 5.74) is 9.67. The number of H-pyrrole nitrogens is 1. The zero-order chi connectivity index (χ0) is 13.4. The van der Waals surface area contributed by atoms with E-state index in [2.05, 4.69) is 26.1 Å². The van der Waals surface area contributed by atoms with E-state index in [1.807, 2.05) is 37.3 Å². The maximum absolute atomic E-state index is 5.99. The Hall–Kier alpha value is -2.01. The number of nitrogen functional groups attached to an aromatic ring is 1. The van der Waals surface area contributed by atoms with Crippen molar-refractivity contribution >= 4 is 21.7 Å². The highest BCUT2D eigenvalue weighted by Gasteiger charge is 2.19. The van der Waals surface area contributed by atoms with Crippen molar-refractivity contribution in [3.63, 3.8) is 0 Å². The third-order valence-corrected chi connectivity index (χ3v) is 3.72. The molecular formula is C14H12BrN3O. The van der Waals surface area contributed by atoms with E-state index < -0.39 is 0 Å². The fourth-order valence-electron chi connectivity index (χ4n) is 2.09. The van der Waals surface area contributed by atoms with Gasteiger partial charge in [-0.15, -0.1) is 0 Å². The van der Waals surface area contributed by atoms with Crippen molar-refractivity contribution in [3.8, 4) is 22.6 Å². The molecule has 0 spiro atoms. The molecule has 0 saturated carbocycles. The molecule has 0 radical (unpaired) electrons. The predicted octanol–water partition coefficient (Wildman–Crippen LogP) is 3.99. The molecule has 19 heavy (non-hydrogen) atoms. The topological polar surface area (TPSA) is 67.8 Å².